The lowest BCUT2D eigenvalue weighted by molar-refractivity contribution is -0.385. The summed E-state index contributed by atoms with van der Waals surface area (Å²) >= 11 is 0. The molecule has 70 valence electrons. The van der Waals surface area contributed by atoms with Crippen molar-refractivity contribution < 1.29 is 9.31 Å². The van der Waals surface area contributed by atoms with Gasteiger partial charge < -0.3 is 0 Å². The predicted molar refractivity (Wildman–Crippen MR) is 47.4 cm³/mol. The summed E-state index contributed by atoms with van der Waals surface area (Å²) < 4.78 is 12.3. The second-order valence-electron chi connectivity index (χ2n) is 2.88. The van der Waals surface area contributed by atoms with Crippen LogP contribution in [0.5, 0.6) is 0 Å². The molecular weight excluding hydrogens is 173 g/mol. The van der Waals surface area contributed by atoms with Crippen molar-refractivity contribution >= 4 is 5.69 Å². The van der Waals surface area contributed by atoms with Gasteiger partial charge >= 0.3 is 0 Å². The zero-order valence-electron chi connectivity index (χ0n) is 7.50. The van der Waals surface area contributed by atoms with Gasteiger partial charge in [0.2, 0.25) is 0 Å². The summed E-state index contributed by atoms with van der Waals surface area (Å²) in [5, 5.41) is 10.5. The fourth-order valence-corrected chi connectivity index (χ4v) is 1.21. The summed E-state index contributed by atoms with van der Waals surface area (Å²) in [6.07, 6.45) is 0. The molecule has 0 spiro atoms. The van der Waals surface area contributed by atoms with Gasteiger partial charge in [-0.25, -0.2) is 4.39 Å². The summed E-state index contributed by atoms with van der Waals surface area (Å²) in [5.41, 5.74) is 1.77. The second-order valence-corrected chi connectivity index (χ2v) is 2.88. The Labute approximate surface area is 75.3 Å². The fourth-order valence-electron chi connectivity index (χ4n) is 1.21. The van der Waals surface area contributed by atoms with E-state index in [4.69, 9.17) is 0 Å². The van der Waals surface area contributed by atoms with Crippen LogP contribution in [0.4, 0.5) is 10.1 Å². The Morgan fingerprint density at radius 3 is 2.46 bits per heavy atom. The molecule has 0 heterocycles. The molecular formula is C9H10FNO2. The number of benzene rings is 1. The maximum absolute atomic E-state index is 12.3. The van der Waals surface area contributed by atoms with Crippen LogP contribution in [0.3, 0.4) is 0 Å². The van der Waals surface area contributed by atoms with Crippen LogP contribution < -0.4 is 0 Å². The molecule has 0 aliphatic rings. The largest absolute Gasteiger partial charge is 0.272 e. The van der Waals surface area contributed by atoms with Crippen LogP contribution in [0.25, 0.3) is 0 Å². The molecule has 0 fully saturated rings. The Balaban J connectivity index is 3.31. The summed E-state index contributed by atoms with van der Waals surface area (Å²) in [6, 6.07) is 2.80. The lowest BCUT2D eigenvalue weighted by atomic mass is 10.0. The molecule has 0 atom stereocenters. The lowest BCUT2D eigenvalue weighted by Crippen LogP contribution is -1.96. The smallest absolute Gasteiger partial charge is 0.258 e. The normalized spacial score (nSPS) is 10.1. The van der Waals surface area contributed by atoms with Gasteiger partial charge in [0.05, 0.1) is 4.92 Å². The highest BCUT2D eigenvalue weighted by atomic mass is 19.1. The quantitative estimate of drug-likeness (QED) is 0.522. The van der Waals surface area contributed by atoms with Crippen molar-refractivity contribution in [2.24, 2.45) is 0 Å². The third-order valence-electron chi connectivity index (χ3n) is 2.21. The van der Waals surface area contributed by atoms with Crippen molar-refractivity contribution in [2.75, 3.05) is 0 Å². The van der Waals surface area contributed by atoms with Crippen LogP contribution in [0.1, 0.15) is 16.7 Å². The number of nitrogens with zero attached hydrogens (tertiary/aromatic N) is 1. The number of halogens is 1. The summed E-state index contributed by atoms with van der Waals surface area (Å²) in [7, 11) is 0. The van der Waals surface area contributed by atoms with Gasteiger partial charge in [0.1, 0.15) is 6.67 Å². The lowest BCUT2D eigenvalue weighted by Gasteiger charge is -2.04. The first kappa shape index (κ1) is 9.64. The fraction of sp³-hybridized carbons (Fsp3) is 0.333. The third kappa shape index (κ3) is 1.66. The van der Waals surface area contributed by atoms with E-state index in [0.29, 0.717) is 16.7 Å². The standard InChI is InChI=1S/C9H10FNO2/c1-6-7(2)9(11(12)13)4-3-8(6)5-10/h3-4H,5H2,1-2H3. The Hall–Kier alpha value is -1.45. The van der Waals surface area contributed by atoms with Gasteiger partial charge in [-0.1, -0.05) is 0 Å². The van der Waals surface area contributed by atoms with Crippen LogP contribution in [0.15, 0.2) is 12.1 Å². The molecule has 0 unspecified atom stereocenters. The van der Waals surface area contributed by atoms with E-state index >= 15 is 0 Å². The third-order valence-corrected chi connectivity index (χ3v) is 2.21. The highest BCUT2D eigenvalue weighted by Crippen LogP contribution is 2.24. The molecule has 0 aliphatic heterocycles. The van der Waals surface area contributed by atoms with Gasteiger partial charge in [-0.05, 0) is 31.0 Å². The molecule has 3 nitrogen and oxygen atoms in total. The van der Waals surface area contributed by atoms with E-state index in [1.54, 1.807) is 13.8 Å². The van der Waals surface area contributed by atoms with Crippen LogP contribution in [0, 0.1) is 24.0 Å². The first-order valence-electron chi connectivity index (χ1n) is 3.87. The SMILES string of the molecule is Cc1c(CF)ccc([N+](=O)[O-])c1C. The van der Waals surface area contributed by atoms with Crippen molar-refractivity contribution in [3.63, 3.8) is 0 Å². The van der Waals surface area contributed by atoms with Crippen molar-refractivity contribution in [3.8, 4) is 0 Å². The Morgan fingerprint density at radius 1 is 1.38 bits per heavy atom. The molecule has 1 aromatic rings. The topological polar surface area (TPSA) is 43.1 Å². The number of rotatable bonds is 2. The zero-order chi connectivity index (χ0) is 10.0. The Morgan fingerprint density at radius 2 is 2.00 bits per heavy atom. The molecule has 0 radical (unpaired) electrons. The van der Waals surface area contributed by atoms with Crippen molar-refractivity contribution in [1.82, 2.24) is 0 Å². The molecule has 13 heavy (non-hydrogen) atoms. The minimum atomic E-state index is -0.579. The molecule has 0 N–H and O–H groups in total. The number of nitro groups is 1. The van der Waals surface area contributed by atoms with Gasteiger partial charge in [0.15, 0.2) is 0 Å². The highest BCUT2D eigenvalue weighted by Gasteiger charge is 2.13. The molecule has 0 amide bonds. The van der Waals surface area contributed by atoms with Gasteiger partial charge in [-0.15, -0.1) is 0 Å². The Kier molecular flexibility index (Phi) is 2.60. The van der Waals surface area contributed by atoms with E-state index in [1.165, 1.54) is 12.1 Å². The maximum Gasteiger partial charge on any atom is 0.272 e. The highest BCUT2D eigenvalue weighted by molar-refractivity contribution is 5.47. The van der Waals surface area contributed by atoms with Crippen LogP contribution in [0.2, 0.25) is 0 Å². The van der Waals surface area contributed by atoms with E-state index < -0.39 is 11.6 Å². The van der Waals surface area contributed by atoms with Gasteiger partial charge in [0.25, 0.3) is 5.69 Å². The summed E-state index contributed by atoms with van der Waals surface area (Å²) in [4.78, 5) is 10.0. The molecule has 1 rings (SSSR count). The minimum Gasteiger partial charge on any atom is -0.258 e. The molecule has 4 heteroatoms. The van der Waals surface area contributed by atoms with E-state index in [0.717, 1.165) is 0 Å². The number of hydrogen-bond donors (Lipinski definition) is 0. The van der Waals surface area contributed by atoms with E-state index in [1.807, 2.05) is 0 Å². The average Bonchev–Trinajstić information content (AvgIpc) is 2.09. The van der Waals surface area contributed by atoms with Gasteiger partial charge in [0, 0.05) is 11.6 Å². The summed E-state index contributed by atoms with van der Waals surface area (Å²) in [6.45, 7) is 2.74. The number of nitro benzene ring substituents is 1. The Bertz CT molecular complexity index is 350. The van der Waals surface area contributed by atoms with Crippen LogP contribution in [-0.4, -0.2) is 4.92 Å². The number of alkyl halides is 1. The minimum absolute atomic E-state index is 0.0506. The molecule has 0 saturated carbocycles. The van der Waals surface area contributed by atoms with Crippen LogP contribution in [-0.2, 0) is 6.67 Å². The van der Waals surface area contributed by atoms with E-state index in [-0.39, 0.29) is 5.69 Å². The molecule has 0 aliphatic carbocycles. The van der Waals surface area contributed by atoms with Gasteiger partial charge in [-0.3, -0.25) is 10.1 Å². The van der Waals surface area contributed by atoms with Crippen molar-refractivity contribution in [1.29, 1.82) is 0 Å². The summed E-state index contributed by atoms with van der Waals surface area (Å²) in [5.74, 6) is 0. The molecule has 0 saturated heterocycles. The molecule has 0 bridgehead atoms. The average molecular weight is 183 g/mol. The molecule has 0 aromatic heterocycles. The van der Waals surface area contributed by atoms with Crippen molar-refractivity contribution in [2.45, 2.75) is 20.5 Å². The van der Waals surface area contributed by atoms with Gasteiger partial charge in [-0.2, -0.15) is 0 Å². The molecule has 1 aromatic carbocycles. The zero-order valence-corrected chi connectivity index (χ0v) is 7.50. The van der Waals surface area contributed by atoms with Crippen LogP contribution >= 0.6 is 0 Å². The maximum atomic E-state index is 12.3. The predicted octanol–water partition coefficient (Wildman–Crippen LogP) is 2.68. The monoisotopic (exact) mass is 183 g/mol. The first-order chi connectivity index (χ1) is 6.07. The second kappa shape index (κ2) is 3.51. The number of hydrogen-bond acceptors (Lipinski definition) is 2. The first-order valence-corrected chi connectivity index (χ1v) is 3.87. The van der Waals surface area contributed by atoms with Crippen molar-refractivity contribution in [3.05, 3.63) is 38.9 Å². The van der Waals surface area contributed by atoms with E-state index in [2.05, 4.69) is 0 Å². The van der Waals surface area contributed by atoms with E-state index in [9.17, 15) is 14.5 Å².